The molecule has 0 heterocycles. The first kappa shape index (κ1) is 12.2. The van der Waals surface area contributed by atoms with Crippen LogP contribution >= 0.6 is 45.9 Å². The first-order valence-corrected chi connectivity index (χ1v) is 8.93. The molecule has 0 saturated heterocycles. The molecular weight excluding hydrogens is 239 g/mol. The Morgan fingerprint density at radius 2 is 2.00 bits per heavy atom. The third-order valence-electron chi connectivity index (χ3n) is 1.51. The normalized spacial score (nSPS) is 17.5. The van der Waals surface area contributed by atoms with E-state index >= 15 is 0 Å². The van der Waals surface area contributed by atoms with Crippen molar-refractivity contribution in [2.45, 2.75) is 24.1 Å². The zero-order valence-electron chi connectivity index (χ0n) is 6.23. The second-order valence-corrected chi connectivity index (χ2v) is 11.8. The van der Waals surface area contributed by atoms with Gasteiger partial charge in [0, 0.05) is 10.8 Å². The maximum atomic E-state index is 5.85. The van der Waals surface area contributed by atoms with Gasteiger partial charge in [0.05, 0.1) is 0 Å². The lowest BCUT2D eigenvalue weighted by molar-refractivity contribution is 0.818. The van der Waals surface area contributed by atoms with E-state index in [1.807, 2.05) is 6.92 Å². The molecule has 0 rings (SSSR count). The van der Waals surface area contributed by atoms with E-state index in [4.69, 9.17) is 33.2 Å². The standard InChI is InChI=1S/C6H11Cl3SSi/c1-3-5(10)6(4-2)11(7,8)9/h3,5-6,10H,1,4H2,2H3. The van der Waals surface area contributed by atoms with Crippen LogP contribution in [0.15, 0.2) is 12.7 Å². The van der Waals surface area contributed by atoms with Gasteiger partial charge in [0.1, 0.15) is 0 Å². The van der Waals surface area contributed by atoms with Gasteiger partial charge in [-0.3, -0.25) is 0 Å². The average molecular weight is 250 g/mol. The quantitative estimate of drug-likeness (QED) is 0.332. The lowest BCUT2D eigenvalue weighted by atomic mass is 10.2. The third-order valence-corrected chi connectivity index (χ3v) is 6.50. The molecule has 0 aromatic rings. The van der Waals surface area contributed by atoms with E-state index in [-0.39, 0.29) is 10.8 Å². The lowest BCUT2D eigenvalue weighted by Crippen LogP contribution is -2.25. The van der Waals surface area contributed by atoms with Crippen LogP contribution in [0, 0.1) is 0 Å². The van der Waals surface area contributed by atoms with Crippen LogP contribution in [0.25, 0.3) is 0 Å². The Labute approximate surface area is 88.4 Å². The van der Waals surface area contributed by atoms with E-state index in [1.165, 1.54) is 0 Å². The summed E-state index contributed by atoms with van der Waals surface area (Å²) < 4.78 is 0. The number of rotatable bonds is 4. The van der Waals surface area contributed by atoms with Gasteiger partial charge in [0.15, 0.2) is 0 Å². The van der Waals surface area contributed by atoms with Crippen molar-refractivity contribution in [3.05, 3.63) is 12.7 Å². The van der Waals surface area contributed by atoms with Crippen LogP contribution in [0.1, 0.15) is 13.3 Å². The molecule has 0 aromatic carbocycles. The van der Waals surface area contributed by atoms with Crippen molar-refractivity contribution in [3.63, 3.8) is 0 Å². The fourth-order valence-electron chi connectivity index (χ4n) is 0.831. The smallest absolute Gasteiger partial charge is 0.172 e. The molecule has 0 aliphatic carbocycles. The van der Waals surface area contributed by atoms with E-state index in [0.717, 1.165) is 6.42 Å². The van der Waals surface area contributed by atoms with Crippen molar-refractivity contribution < 1.29 is 0 Å². The Morgan fingerprint density at radius 3 is 2.09 bits per heavy atom. The minimum atomic E-state index is -2.60. The van der Waals surface area contributed by atoms with Gasteiger partial charge in [0.2, 0.25) is 0 Å². The van der Waals surface area contributed by atoms with Crippen molar-refractivity contribution in [1.82, 2.24) is 0 Å². The monoisotopic (exact) mass is 248 g/mol. The SMILES string of the molecule is C=CC(S)C(CC)[Si](Cl)(Cl)Cl. The molecule has 0 aliphatic rings. The third kappa shape index (κ3) is 4.09. The molecule has 0 N–H and O–H groups in total. The molecule has 0 aromatic heterocycles. The minimum Gasteiger partial charge on any atom is -0.172 e. The van der Waals surface area contributed by atoms with Crippen molar-refractivity contribution in [2.75, 3.05) is 0 Å². The maximum absolute atomic E-state index is 5.85. The molecule has 0 fully saturated rings. The summed E-state index contributed by atoms with van der Waals surface area (Å²) in [6.45, 7) is 5.61. The maximum Gasteiger partial charge on any atom is 0.345 e. The molecule has 11 heavy (non-hydrogen) atoms. The molecule has 2 atom stereocenters. The molecule has 0 radical (unpaired) electrons. The summed E-state index contributed by atoms with van der Waals surface area (Å²) in [4.78, 5) is 0. The predicted molar refractivity (Wildman–Crippen MR) is 60.3 cm³/mol. The van der Waals surface area contributed by atoms with Crippen LogP contribution in [0.3, 0.4) is 0 Å². The van der Waals surface area contributed by atoms with Gasteiger partial charge in [-0.25, -0.2) is 0 Å². The van der Waals surface area contributed by atoms with E-state index in [0.29, 0.717) is 0 Å². The molecule has 2 unspecified atom stereocenters. The van der Waals surface area contributed by atoms with Gasteiger partial charge in [0.25, 0.3) is 0 Å². The van der Waals surface area contributed by atoms with E-state index in [1.54, 1.807) is 6.08 Å². The molecule has 0 spiro atoms. The molecule has 0 nitrogen and oxygen atoms in total. The fraction of sp³-hybridized carbons (Fsp3) is 0.667. The van der Waals surface area contributed by atoms with Gasteiger partial charge in [-0.15, -0.1) is 39.8 Å². The summed E-state index contributed by atoms with van der Waals surface area (Å²) in [5, 5.41) is -0.000772. The molecular formula is C6H11Cl3SSi. The van der Waals surface area contributed by atoms with E-state index in [2.05, 4.69) is 19.2 Å². The van der Waals surface area contributed by atoms with Crippen LogP contribution in [0.5, 0.6) is 0 Å². The molecule has 0 aliphatic heterocycles. The van der Waals surface area contributed by atoms with Crippen LogP contribution in [-0.4, -0.2) is 11.3 Å². The van der Waals surface area contributed by atoms with Crippen LogP contribution in [0.4, 0.5) is 0 Å². The summed E-state index contributed by atoms with van der Waals surface area (Å²) in [6, 6.07) is -2.60. The number of hydrogen-bond acceptors (Lipinski definition) is 1. The van der Waals surface area contributed by atoms with E-state index < -0.39 is 6.00 Å². The van der Waals surface area contributed by atoms with Crippen molar-refractivity contribution in [1.29, 1.82) is 0 Å². The second kappa shape index (κ2) is 5.03. The first-order valence-electron chi connectivity index (χ1n) is 3.30. The Balaban J connectivity index is 4.27. The number of thiol groups is 1. The van der Waals surface area contributed by atoms with Gasteiger partial charge >= 0.3 is 6.00 Å². The predicted octanol–water partition coefficient (Wildman–Crippen LogP) is 3.91. The van der Waals surface area contributed by atoms with Gasteiger partial charge in [-0.2, -0.15) is 12.6 Å². The Hall–Kier alpha value is 1.18. The van der Waals surface area contributed by atoms with Crippen LogP contribution < -0.4 is 0 Å². The summed E-state index contributed by atoms with van der Waals surface area (Å²) in [5.41, 5.74) is 0.0633. The number of hydrogen-bond donors (Lipinski definition) is 1. The minimum absolute atomic E-state index is 0.000772. The highest BCUT2D eigenvalue weighted by Crippen LogP contribution is 2.40. The van der Waals surface area contributed by atoms with Crippen molar-refractivity contribution in [2.24, 2.45) is 0 Å². The molecule has 0 amide bonds. The molecule has 0 saturated carbocycles. The average Bonchev–Trinajstić information content (AvgIpc) is 1.86. The molecule has 66 valence electrons. The highest BCUT2D eigenvalue weighted by atomic mass is 35.8. The highest BCUT2D eigenvalue weighted by molar-refractivity contribution is 7.81. The lowest BCUT2D eigenvalue weighted by Gasteiger charge is -2.23. The number of halogens is 3. The summed E-state index contributed by atoms with van der Waals surface area (Å²) in [5.74, 6) is 0. The summed E-state index contributed by atoms with van der Waals surface area (Å²) in [6.07, 6.45) is 2.55. The van der Waals surface area contributed by atoms with Gasteiger partial charge in [-0.1, -0.05) is 19.4 Å². The zero-order valence-corrected chi connectivity index (χ0v) is 10.4. The van der Waals surface area contributed by atoms with Crippen LogP contribution in [-0.2, 0) is 0 Å². The summed E-state index contributed by atoms with van der Waals surface area (Å²) in [7, 11) is 0. The molecule has 5 heteroatoms. The fourth-order valence-corrected chi connectivity index (χ4v) is 6.10. The second-order valence-electron chi connectivity index (χ2n) is 2.28. The molecule has 0 bridgehead atoms. The van der Waals surface area contributed by atoms with Gasteiger partial charge in [-0.05, 0) is 0 Å². The summed E-state index contributed by atoms with van der Waals surface area (Å²) >= 11 is 21.8. The topological polar surface area (TPSA) is 0 Å². The van der Waals surface area contributed by atoms with Crippen molar-refractivity contribution in [3.8, 4) is 0 Å². The van der Waals surface area contributed by atoms with Crippen LogP contribution in [0.2, 0.25) is 5.54 Å². The van der Waals surface area contributed by atoms with Crippen molar-refractivity contribution >= 4 is 51.9 Å². The zero-order chi connectivity index (χ0) is 9.07. The Morgan fingerprint density at radius 1 is 1.55 bits per heavy atom. The van der Waals surface area contributed by atoms with Gasteiger partial charge < -0.3 is 0 Å². The Bertz CT molecular complexity index is 134. The highest BCUT2D eigenvalue weighted by Gasteiger charge is 2.38. The largest absolute Gasteiger partial charge is 0.345 e. The first-order chi connectivity index (χ1) is 4.93. The van der Waals surface area contributed by atoms with E-state index in [9.17, 15) is 0 Å². The Kier molecular flexibility index (Phi) is 5.56.